The number of amides is 3. The molecule has 0 spiro atoms. The molecule has 0 bridgehead atoms. The molecule has 3 fully saturated rings. The number of hydrogen-bond donors (Lipinski definition) is 3. The van der Waals surface area contributed by atoms with E-state index in [0.29, 0.717) is 30.8 Å². The number of alkyl halides is 3. The molecule has 9 nitrogen and oxygen atoms in total. The minimum absolute atomic E-state index is 0.0839. The lowest BCUT2D eigenvalue weighted by molar-refractivity contribution is -0.159. The highest BCUT2D eigenvalue weighted by Gasteiger charge is 2.60. The van der Waals surface area contributed by atoms with Gasteiger partial charge in [0.2, 0.25) is 11.8 Å². The molecule has 4 aliphatic heterocycles. The maximum absolute atomic E-state index is 13.5. The summed E-state index contributed by atoms with van der Waals surface area (Å²) < 4.78 is 38.7. The van der Waals surface area contributed by atoms with E-state index in [4.69, 9.17) is 0 Å². The predicted octanol–water partition coefficient (Wildman–Crippen LogP) is 0.563. The molecule has 13 heteroatoms. The van der Waals surface area contributed by atoms with Crippen LogP contribution < -0.4 is 10.6 Å². The number of carboxylic acid groups (broad SMARTS) is 1. The van der Waals surface area contributed by atoms with E-state index in [1.165, 1.54) is 28.5 Å². The molecular weight excluding hydrogens is 477 g/mol. The van der Waals surface area contributed by atoms with Crippen molar-refractivity contribution in [2.75, 3.05) is 19.6 Å². The Balaban J connectivity index is 1.44. The molecule has 34 heavy (non-hydrogen) atoms. The number of β-lactam (4-membered cyclic amide) rings is 1. The van der Waals surface area contributed by atoms with E-state index in [1.807, 2.05) is 0 Å². The number of rotatable bonds is 7. The van der Waals surface area contributed by atoms with Crippen LogP contribution in [0.1, 0.15) is 26.7 Å². The molecule has 0 aliphatic carbocycles. The van der Waals surface area contributed by atoms with Gasteiger partial charge in [-0.25, -0.2) is 9.18 Å². The molecule has 4 rings (SSSR count). The van der Waals surface area contributed by atoms with Crippen molar-refractivity contribution in [3.63, 3.8) is 0 Å². The van der Waals surface area contributed by atoms with Gasteiger partial charge in [0, 0.05) is 35.2 Å². The molecule has 0 aromatic heterocycles. The molecule has 188 valence electrons. The van der Waals surface area contributed by atoms with Gasteiger partial charge in [0.05, 0.1) is 24.5 Å². The lowest BCUT2D eigenvalue weighted by Gasteiger charge is -2.47. The fourth-order valence-electron chi connectivity index (χ4n) is 5.37. The van der Waals surface area contributed by atoms with Crippen molar-refractivity contribution in [2.24, 2.45) is 11.8 Å². The normalized spacial score (nSPS) is 33.9. The van der Waals surface area contributed by atoms with Crippen LogP contribution in [0.15, 0.2) is 10.6 Å². The van der Waals surface area contributed by atoms with Crippen molar-refractivity contribution < 1.29 is 37.5 Å². The van der Waals surface area contributed by atoms with Crippen molar-refractivity contribution in [3.8, 4) is 0 Å². The predicted molar refractivity (Wildman–Crippen MR) is 115 cm³/mol. The van der Waals surface area contributed by atoms with E-state index in [-0.39, 0.29) is 29.3 Å². The molecule has 3 amide bonds. The van der Waals surface area contributed by atoms with E-state index >= 15 is 0 Å². The number of aliphatic carboxylic acids is 1. The number of halogens is 3. The summed E-state index contributed by atoms with van der Waals surface area (Å²) in [5.41, 5.74) is -0.134. The minimum Gasteiger partial charge on any atom is -0.477 e. The van der Waals surface area contributed by atoms with E-state index in [9.17, 15) is 37.5 Å². The number of hydrogen-bond acceptors (Lipinski definition) is 6. The Kier molecular flexibility index (Phi) is 6.87. The molecule has 4 heterocycles. The van der Waals surface area contributed by atoms with Crippen molar-refractivity contribution in [1.82, 2.24) is 20.4 Å². The highest BCUT2D eigenvalue weighted by Crippen LogP contribution is 2.51. The lowest BCUT2D eigenvalue weighted by atomic mass is 9.78. The van der Waals surface area contributed by atoms with Crippen LogP contribution in [0.3, 0.4) is 0 Å². The Labute approximate surface area is 198 Å². The molecule has 0 saturated carbocycles. The third kappa shape index (κ3) is 4.28. The number of carbonyl (C=O) groups is 4. The van der Waals surface area contributed by atoms with Crippen LogP contribution in [-0.2, 0) is 19.2 Å². The van der Waals surface area contributed by atoms with Crippen molar-refractivity contribution in [1.29, 1.82) is 0 Å². The van der Waals surface area contributed by atoms with Gasteiger partial charge in [-0.3, -0.25) is 14.4 Å². The topological polar surface area (TPSA) is 119 Å². The monoisotopic (exact) mass is 504 g/mol. The molecule has 0 aromatic carbocycles. The Morgan fingerprint density at radius 3 is 2.59 bits per heavy atom. The summed E-state index contributed by atoms with van der Waals surface area (Å²) in [6.45, 7) is 4.13. The van der Waals surface area contributed by atoms with Crippen molar-refractivity contribution in [2.45, 2.75) is 62.7 Å². The number of fused-ring (bicyclic) bond motifs is 1. The van der Waals surface area contributed by atoms with Crippen molar-refractivity contribution in [3.05, 3.63) is 10.6 Å². The Morgan fingerprint density at radius 2 is 2.00 bits per heavy atom. The number of nitrogens with one attached hydrogen (secondary N) is 2. The lowest BCUT2D eigenvalue weighted by Crippen LogP contribution is -2.66. The zero-order valence-electron chi connectivity index (χ0n) is 18.7. The SMILES string of the molecule is C[C@H]1C(S[C@@H]2CN[C@H](C(=O)N3CC[C@H](F)C3)C2)=C(C(=O)O)N2C(=O)[C@H]([C@@H](C)NC(=O)C(F)F)C12. The second-order valence-corrected chi connectivity index (χ2v) is 10.6. The molecule has 1 unspecified atom stereocenters. The Bertz CT molecular complexity index is 934. The van der Waals surface area contributed by atoms with Gasteiger partial charge in [-0.05, 0) is 19.8 Å². The zero-order chi connectivity index (χ0) is 24.9. The quantitative estimate of drug-likeness (QED) is 0.434. The second-order valence-electron chi connectivity index (χ2n) is 9.24. The first-order valence-corrected chi connectivity index (χ1v) is 12.1. The first-order valence-electron chi connectivity index (χ1n) is 11.2. The highest BCUT2D eigenvalue weighted by molar-refractivity contribution is 8.03. The largest absolute Gasteiger partial charge is 0.477 e. The van der Waals surface area contributed by atoms with Gasteiger partial charge < -0.3 is 25.5 Å². The van der Waals surface area contributed by atoms with Gasteiger partial charge in [-0.15, -0.1) is 11.8 Å². The minimum atomic E-state index is -3.21. The van der Waals surface area contributed by atoms with Gasteiger partial charge >= 0.3 is 12.4 Å². The fraction of sp³-hybridized carbons (Fsp3) is 0.714. The summed E-state index contributed by atoms with van der Waals surface area (Å²) in [5, 5.41) is 15.0. The molecule has 0 aromatic rings. The number of carboxylic acids is 1. The van der Waals surface area contributed by atoms with Crippen molar-refractivity contribution >= 4 is 35.5 Å². The van der Waals surface area contributed by atoms with Crippen LogP contribution in [0.5, 0.6) is 0 Å². The maximum atomic E-state index is 13.5. The first kappa shape index (κ1) is 24.8. The summed E-state index contributed by atoms with van der Waals surface area (Å²) in [6, 6.07) is -1.93. The standard InChI is InChI=1S/C21H27F3N4O5S/c1-8-14-13(9(2)26-18(29)17(23)24)20(31)28(14)15(21(32)33)16(8)34-11-5-12(25-6-11)19(30)27-4-3-10(22)7-27/h8-14,17,25H,3-7H2,1-2H3,(H,26,29)(H,32,33)/t8-,9-,10+,11+,12+,13-,14?/m1/s1. The van der Waals surface area contributed by atoms with Gasteiger partial charge in [0.1, 0.15) is 11.9 Å². The summed E-state index contributed by atoms with van der Waals surface area (Å²) in [7, 11) is 0. The maximum Gasteiger partial charge on any atom is 0.353 e. The van der Waals surface area contributed by atoms with Gasteiger partial charge in [0.25, 0.3) is 5.91 Å². The third-order valence-corrected chi connectivity index (χ3v) is 8.53. The van der Waals surface area contributed by atoms with Crippen LogP contribution in [0.25, 0.3) is 0 Å². The first-order chi connectivity index (χ1) is 16.0. The summed E-state index contributed by atoms with van der Waals surface area (Å²) in [4.78, 5) is 52.1. The van der Waals surface area contributed by atoms with Crippen LogP contribution in [0.2, 0.25) is 0 Å². The van der Waals surface area contributed by atoms with Crippen LogP contribution in [-0.4, -0.2) is 94.2 Å². The molecule has 7 atom stereocenters. The number of thioether (sulfide) groups is 1. The average molecular weight is 505 g/mol. The molecule has 3 N–H and O–H groups in total. The van der Waals surface area contributed by atoms with E-state index in [0.717, 1.165) is 0 Å². The van der Waals surface area contributed by atoms with Crippen LogP contribution in [0, 0.1) is 11.8 Å². The fourth-order valence-corrected chi connectivity index (χ4v) is 6.85. The molecule has 0 radical (unpaired) electrons. The highest BCUT2D eigenvalue weighted by atomic mass is 32.2. The van der Waals surface area contributed by atoms with E-state index in [2.05, 4.69) is 10.6 Å². The number of carbonyl (C=O) groups excluding carboxylic acids is 3. The number of nitrogens with zero attached hydrogens (tertiary/aromatic N) is 2. The molecule has 3 saturated heterocycles. The Hall–Kier alpha value is -2.28. The van der Waals surface area contributed by atoms with Crippen LogP contribution in [0.4, 0.5) is 13.2 Å². The van der Waals surface area contributed by atoms with Crippen LogP contribution >= 0.6 is 11.8 Å². The van der Waals surface area contributed by atoms with Gasteiger partial charge in [-0.1, -0.05) is 6.92 Å². The van der Waals surface area contributed by atoms with Gasteiger partial charge in [-0.2, -0.15) is 8.78 Å². The summed E-state index contributed by atoms with van der Waals surface area (Å²) >= 11 is 1.30. The van der Waals surface area contributed by atoms with E-state index in [1.54, 1.807) is 6.92 Å². The smallest absolute Gasteiger partial charge is 0.353 e. The Morgan fingerprint density at radius 1 is 1.29 bits per heavy atom. The average Bonchev–Trinajstić information content (AvgIpc) is 3.46. The van der Waals surface area contributed by atoms with E-state index < -0.39 is 54.4 Å². The molecular formula is C21H27F3N4O5S. The summed E-state index contributed by atoms with van der Waals surface area (Å²) in [6.07, 6.45) is -3.47. The number of likely N-dealkylation sites (tertiary alicyclic amines) is 1. The third-order valence-electron chi connectivity index (χ3n) is 7.02. The van der Waals surface area contributed by atoms with Gasteiger partial charge in [0.15, 0.2) is 0 Å². The second kappa shape index (κ2) is 9.40. The zero-order valence-corrected chi connectivity index (χ0v) is 19.5. The molecule has 4 aliphatic rings. The summed E-state index contributed by atoms with van der Waals surface area (Å²) in [5.74, 6) is -4.64.